The van der Waals surface area contributed by atoms with Crippen LogP contribution in [0.5, 0.6) is 0 Å². The Balaban J connectivity index is 2.04. The molecule has 1 N–H and O–H groups in total. The van der Waals surface area contributed by atoms with E-state index >= 15 is 0 Å². The summed E-state index contributed by atoms with van der Waals surface area (Å²) in [7, 11) is -2.91. The van der Waals surface area contributed by atoms with Crippen LogP contribution >= 0.6 is 0 Å². The molecule has 88 valence electrons. The Morgan fingerprint density at radius 2 is 1.87 bits per heavy atom. The van der Waals surface area contributed by atoms with Gasteiger partial charge in [0.2, 0.25) is 0 Å². The molecule has 2 aliphatic rings. The zero-order chi connectivity index (χ0) is 11.1. The average molecular weight is 232 g/mol. The average Bonchev–Trinajstić information content (AvgIpc) is 2.13. The van der Waals surface area contributed by atoms with Gasteiger partial charge in [0.25, 0.3) is 0 Å². The molecule has 0 aromatic rings. The van der Waals surface area contributed by atoms with Gasteiger partial charge in [0.05, 0.1) is 10.9 Å². The van der Waals surface area contributed by atoms with E-state index in [1.54, 1.807) is 0 Å². The summed E-state index contributed by atoms with van der Waals surface area (Å²) < 4.78 is 23.0. The van der Waals surface area contributed by atoms with E-state index in [-0.39, 0.29) is 11.2 Å². The van der Waals surface area contributed by atoms with E-state index in [0.29, 0.717) is 6.42 Å². The van der Waals surface area contributed by atoms with Gasteiger partial charge in [0, 0.05) is 6.26 Å². The molecule has 2 saturated carbocycles. The fraction of sp³-hybridized carbons (Fsp3) is 1.00. The first kappa shape index (κ1) is 11.4. The lowest BCUT2D eigenvalue weighted by Gasteiger charge is -2.46. The molecular formula is C11H20O3S. The van der Waals surface area contributed by atoms with Gasteiger partial charge < -0.3 is 5.11 Å². The van der Waals surface area contributed by atoms with Crippen molar-refractivity contribution >= 4 is 9.84 Å². The van der Waals surface area contributed by atoms with Gasteiger partial charge in [-0.3, -0.25) is 0 Å². The molecular weight excluding hydrogens is 212 g/mol. The number of rotatable bonds is 2. The second kappa shape index (κ2) is 3.74. The van der Waals surface area contributed by atoms with E-state index in [1.807, 2.05) is 0 Å². The minimum absolute atomic E-state index is 0.208. The molecule has 2 fully saturated rings. The molecule has 0 bridgehead atoms. The van der Waals surface area contributed by atoms with Crippen LogP contribution in [-0.2, 0) is 9.84 Å². The Hall–Kier alpha value is -0.0900. The number of hydrogen-bond donors (Lipinski definition) is 1. The summed E-state index contributed by atoms with van der Waals surface area (Å²) in [6.07, 6.45) is 7.57. The minimum Gasteiger partial charge on any atom is -0.390 e. The fourth-order valence-corrected chi connectivity index (χ4v) is 4.15. The Labute approximate surface area is 91.8 Å². The molecule has 0 aliphatic heterocycles. The van der Waals surface area contributed by atoms with E-state index in [9.17, 15) is 13.5 Å². The minimum atomic E-state index is -2.91. The quantitative estimate of drug-likeness (QED) is 0.785. The largest absolute Gasteiger partial charge is 0.390 e. The number of hydrogen-bond acceptors (Lipinski definition) is 3. The maximum Gasteiger partial charge on any atom is 0.150 e. The summed E-state index contributed by atoms with van der Waals surface area (Å²) in [6.45, 7) is 0. The predicted molar refractivity (Wildman–Crippen MR) is 59.4 cm³/mol. The summed E-state index contributed by atoms with van der Waals surface area (Å²) >= 11 is 0. The first-order valence-corrected chi connectivity index (χ1v) is 7.78. The van der Waals surface area contributed by atoms with Gasteiger partial charge in [-0.1, -0.05) is 6.42 Å². The third-order valence-corrected chi connectivity index (χ3v) is 5.85. The van der Waals surface area contributed by atoms with Crippen molar-refractivity contribution < 1.29 is 13.5 Å². The Morgan fingerprint density at radius 3 is 2.33 bits per heavy atom. The van der Waals surface area contributed by atoms with Crippen LogP contribution in [0.1, 0.15) is 44.9 Å². The lowest BCUT2D eigenvalue weighted by atomic mass is 9.66. The van der Waals surface area contributed by atoms with Crippen molar-refractivity contribution in [3.05, 3.63) is 0 Å². The van der Waals surface area contributed by atoms with E-state index in [0.717, 1.165) is 38.5 Å². The van der Waals surface area contributed by atoms with Crippen LogP contribution in [0.2, 0.25) is 0 Å². The molecule has 0 aromatic carbocycles. The van der Waals surface area contributed by atoms with E-state index in [4.69, 9.17) is 0 Å². The first-order chi connectivity index (χ1) is 6.92. The summed E-state index contributed by atoms with van der Waals surface area (Å²) in [5.74, 6) is 0.222. The molecule has 2 rings (SSSR count). The van der Waals surface area contributed by atoms with Crippen LogP contribution in [0.4, 0.5) is 0 Å². The van der Waals surface area contributed by atoms with Crippen molar-refractivity contribution in [2.45, 2.75) is 55.8 Å². The van der Waals surface area contributed by atoms with Crippen LogP contribution < -0.4 is 0 Å². The molecule has 0 aromatic heterocycles. The van der Waals surface area contributed by atoms with Gasteiger partial charge in [-0.25, -0.2) is 8.42 Å². The van der Waals surface area contributed by atoms with Crippen molar-refractivity contribution in [3.63, 3.8) is 0 Å². The van der Waals surface area contributed by atoms with Crippen molar-refractivity contribution in [2.75, 3.05) is 6.26 Å². The van der Waals surface area contributed by atoms with Crippen molar-refractivity contribution in [3.8, 4) is 0 Å². The molecule has 2 aliphatic carbocycles. The highest BCUT2D eigenvalue weighted by Gasteiger charge is 2.45. The van der Waals surface area contributed by atoms with Gasteiger partial charge >= 0.3 is 0 Å². The molecule has 2 atom stereocenters. The highest BCUT2D eigenvalue weighted by atomic mass is 32.2. The lowest BCUT2D eigenvalue weighted by Crippen LogP contribution is -2.47. The normalized spacial score (nSPS) is 35.9. The molecule has 2 unspecified atom stereocenters. The van der Waals surface area contributed by atoms with Gasteiger partial charge in [-0.15, -0.1) is 0 Å². The van der Waals surface area contributed by atoms with E-state index in [2.05, 4.69) is 0 Å². The second-order valence-corrected chi connectivity index (χ2v) is 7.60. The van der Waals surface area contributed by atoms with Gasteiger partial charge in [0.1, 0.15) is 9.84 Å². The maximum atomic E-state index is 11.5. The van der Waals surface area contributed by atoms with Crippen LogP contribution in [0.15, 0.2) is 0 Å². The fourth-order valence-electron chi connectivity index (χ4n) is 2.97. The molecule has 0 amide bonds. The van der Waals surface area contributed by atoms with Crippen LogP contribution in [0, 0.1) is 5.92 Å². The zero-order valence-electron chi connectivity index (χ0n) is 9.28. The van der Waals surface area contributed by atoms with Crippen molar-refractivity contribution in [2.24, 2.45) is 5.92 Å². The summed E-state index contributed by atoms with van der Waals surface area (Å²) in [4.78, 5) is 0. The van der Waals surface area contributed by atoms with Gasteiger partial charge in [-0.2, -0.15) is 0 Å². The summed E-state index contributed by atoms with van der Waals surface area (Å²) in [5.41, 5.74) is -0.524. The number of sulfone groups is 1. The molecule has 0 heterocycles. The van der Waals surface area contributed by atoms with Crippen molar-refractivity contribution in [1.82, 2.24) is 0 Å². The van der Waals surface area contributed by atoms with Gasteiger partial charge in [0.15, 0.2) is 0 Å². The van der Waals surface area contributed by atoms with Gasteiger partial charge in [-0.05, 0) is 44.4 Å². The van der Waals surface area contributed by atoms with Crippen molar-refractivity contribution in [1.29, 1.82) is 0 Å². The van der Waals surface area contributed by atoms with E-state index < -0.39 is 15.4 Å². The molecule has 15 heavy (non-hydrogen) atoms. The first-order valence-electron chi connectivity index (χ1n) is 5.83. The summed E-state index contributed by atoms with van der Waals surface area (Å²) in [5, 5.41) is 10.0. The molecule has 4 heteroatoms. The second-order valence-electron chi connectivity index (χ2n) is 5.27. The predicted octanol–water partition coefficient (Wildman–Crippen LogP) is 1.50. The maximum absolute atomic E-state index is 11.5. The SMILES string of the molecule is CS(=O)(=O)C1CCCC(C2(O)CCC2)C1. The molecule has 0 spiro atoms. The Morgan fingerprint density at radius 1 is 1.20 bits per heavy atom. The smallest absolute Gasteiger partial charge is 0.150 e. The Bertz CT molecular complexity index is 330. The Kier molecular flexibility index (Phi) is 2.84. The van der Waals surface area contributed by atoms with Crippen LogP contribution in [-0.4, -0.2) is 30.6 Å². The van der Waals surface area contributed by atoms with E-state index in [1.165, 1.54) is 6.26 Å². The topological polar surface area (TPSA) is 54.4 Å². The number of aliphatic hydroxyl groups is 1. The highest BCUT2D eigenvalue weighted by Crippen LogP contribution is 2.45. The monoisotopic (exact) mass is 232 g/mol. The lowest BCUT2D eigenvalue weighted by molar-refractivity contribution is -0.0932. The van der Waals surface area contributed by atoms with Crippen LogP contribution in [0.25, 0.3) is 0 Å². The van der Waals surface area contributed by atoms with Crippen LogP contribution in [0.3, 0.4) is 0 Å². The molecule has 3 nitrogen and oxygen atoms in total. The highest BCUT2D eigenvalue weighted by molar-refractivity contribution is 7.91. The third kappa shape index (κ3) is 2.21. The summed E-state index contributed by atoms with van der Waals surface area (Å²) in [6, 6.07) is 0. The molecule has 0 radical (unpaired) electrons. The molecule has 0 saturated heterocycles. The third-order valence-electron chi connectivity index (χ3n) is 4.21. The zero-order valence-corrected chi connectivity index (χ0v) is 10.1. The standard InChI is InChI=1S/C11H20O3S/c1-15(13,14)10-5-2-4-9(8-10)11(12)6-3-7-11/h9-10,12H,2-8H2,1H3.